The molecule has 14 heavy (non-hydrogen) atoms. The smallest absolute Gasteiger partial charge is 0.0693 e. The van der Waals surface area contributed by atoms with E-state index < -0.39 is 0 Å². The van der Waals surface area contributed by atoms with Crippen molar-refractivity contribution in [3.63, 3.8) is 0 Å². The van der Waals surface area contributed by atoms with E-state index >= 15 is 0 Å². The lowest BCUT2D eigenvalue weighted by molar-refractivity contribution is 0.127. The molecule has 1 rings (SSSR count). The summed E-state index contributed by atoms with van der Waals surface area (Å²) in [4.78, 5) is 0. The van der Waals surface area contributed by atoms with Crippen LogP contribution < -0.4 is 5.32 Å². The van der Waals surface area contributed by atoms with E-state index in [1.807, 2.05) is 0 Å². The summed E-state index contributed by atoms with van der Waals surface area (Å²) in [5, 5.41) is 22.1. The molecule has 1 saturated carbocycles. The summed E-state index contributed by atoms with van der Waals surface area (Å²) in [5.41, 5.74) is 0. The van der Waals surface area contributed by atoms with Crippen LogP contribution >= 0.6 is 0 Å². The zero-order valence-corrected chi connectivity index (χ0v) is 9.24. The van der Waals surface area contributed by atoms with E-state index in [4.69, 9.17) is 0 Å². The first-order chi connectivity index (χ1) is 6.63. The van der Waals surface area contributed by atoms with Crippen LogP contribution in [0.2, 0.25) is 0 Å². The maximum atomic E-state index is 9.62. The average molecular weight is 201 g/mol. The summed E-state index contributed by atoms with van der Waals surface area (Å²) >= 11 is 0. The fraction of sp³-hybridized carbons (Fsp3) is 1.00. The number of aliphatic hydroxyl groups excluding tert-OH is 2. The van der Waals surface area contributed by atoms with Crippen molar-refractivity contribution in [2.75, 3.05) is 6.61 Å². The Morgan fingerprint density at radius 3 is 2.50 bits per heavy atom. The van der Waals surface area contributed by atoms with Gasteiger partial charge >= 0.3 is 0 Å². The summed E-state index contributed by atoms with van der Waals surface area (Å²) in [7, 11) is 0. The average Bonchev–Trinajstić information content (AvgIpc) is 2.50. The molecular weight excluding hydrogens is 178 g/mol. The Kier molecular flexibility index (Phi) is 4.85. The molecule has 3 nitrogen and oxygen atoms in total. The number of hydrogen-bond donors (Lipinski definition) is 3. The second-order valence-electron chi connectivity index (χ2n) is 4.78. The molecule has 0 aromatic heterocycles. The van der Waals surface area contributed by atoms with E-state index in [1.54, 1.807) is 0 Å². The van der Waals surface area contributed by atoms with Gasteiger partial charge in [0, 0.05) is 12.1 Å². The second kappa shape index (κ2) is 5.69. The Morgan fingerprint density at radius 1 is 1.36 bits per heavy atom. The van der Waals surface area contributed by atoms with Gasteiger partial charge in [-0.3, -0.25) is 0 Å². The van der Waals surface area contributed by atoms with Crippen LogP contribution in [0.15, 0.2) is 0 Å². The van der Waals surface area contributed by atoms with Crippen LogP contribution in [0.4, 0.5) is 0 Å². The Morgan fingerprint density at radius 2 is 2.07 bits per heavy atom. The van der Waals surface area contributed by atoms with Gasteiger partial charge in [0.2, 0.25) is 0 Å². The summed E-state index contributed by atoms with van der Waals surface area (Å²) in [5.74, 6) is 0.582. The quantitative estimate of drug-likeness (QED) is 0.619. The van der Waals surface area contributed by atoms with Crippen LogP contribution in [0.1, 0.15) is 39.5 Å². The fourth-order valence-electron chi connectivity index (χ4n) is 2.20. The number of hydrogen-bond acceptors (Lipinski definition) is 3. The predicted molar refractivity (Wildman–Crippen MR) is 57.1 cm³/mol. The first kappa shape index (κ1) is 12.0. The molecule has 1 aliphatic rings. The molecule has 0 radical (unpaired) electrons. The van der Waals surface area contributed by atoms with E-state index in [-0.39, 0.29) is 24.8 Å². The molecule has 0 amide bonds. The zero-order valence-electron chi connectivity index (χ0n) is 9.24. The highest BCUT2D eigenvalue weighted by atomic mass is 16.3. The molecule has 3 atom stereocenters. The van der Waals surface area contributed by atoms with E-state index in [0.29, 0.717) is 5.92 Å². The zero-order chi connectivity index (χ0) is 10.6. The van der Waals surface area contributed by atoms with Gasteiger partial charge in [-0.1, -0.05) is 13.8 Å². The maximum Gasteiger partial charge on any atom is 0.0693 e. The van der Waals surface area contributed by atoms with Crippen molar-refractivity contribution < 1.29 is 10.2 Å². The van der Waals surface area contributed by atoms with Gasteiger partial charge in [-0.2, -0.15) is 0 Å². The highest BCUT2D eigenvalue weighted by molar-refractivity contribution is 4.85. The number of nitrogens with one attached hydrogen (secondary N) is 1. The van der Waals surface area contributed by atoms with Crippen LogP contribution in [0.25, 0.3) is 0 Å². The highest BCUT2D eigenvalue weighted by Gasteiger charge is 2.27. The van der Waals surface area contributed by atoms with Crippen molar-refractivity contribution >= 4 is 0 Å². The van der Waals surface area contributed by atoms with Gasteiger partial charge in [-0.25, -0.2) is 0 Å². The van der Waals surface area contributed by atoms with Crippen molar-refractivity contribution in [2.24, 2.45) is 5.92 Å². The van der Waals surface area contributed by atoms with Crippen LogP contribution in [0.3, 0.4) is 0 Å². The summed E-state index contributed by atoms with van der Waals surface area (Å²) < 4.78 is 0. The first-order valence-corrected chi connectivity index (χ1v) is 5.68. The van der Waals surface area contributed by atoms with Crippen LogP contribution in [-0.2, 0) is 0 Å². The van der Waals surface area contributed by atoms with E-state index in [1.165, 1.54) is 0 Å². The van der Waals surface area contributed by atoms with Crippen molar-refractivity contribution in [2.45, 2.75) is 57.7 Å². The molecule has 0 aliphatic heterocycles. The largest absolute Gasteiger partial charge is 0.395 e. The lowest BCUT2D eigenvalue weighted by atomic mass is 10.0. The molecule has 3 heteroatoms. The molecule has 84 valence electrons. The lowest BCUT2D eigenvalue weighted by Gasteiger charge is -2.24. The molecule has 0 aromatic rings. The standard InChI is InChI=1S/C11H23NO2/c1-8(2)6-9(7-13)12-10-4-3-5-11(10)14/h8-14H,3-7H2,1-2H3. The fourth-order valence-corrected chi connectivity index (χ4v) is 2.20. The molecule has 0 aromatic carbocycles. The first-order valence-electron chi connectivity index (χ1n) is 5.68. The van der Waals surface area contributed by atoms with Crippen molar-refractivity contribution in [1.29, 1.82) is 0 Å². The molecule has 3 unspecified atom stereocenters. The normalized spacial score (nSPS) is 29.8. The summed E-state index contributed by atoms with van der Waals surface area (Å²) in [6.45, 7) is 4.46. The second-order valence-corrected chi connectivity index (χ2v) is 4.78. The number of aliphatic hydroxyl groups is 2. The molecule has 0 spiro atoms. The van der Waals surface area contributed by atoms with E-state index in [9.17, 15) is 10.2 Å². The highest BCUT2D eigenvalue weighted by Crippen LogP contribution is 2.20. The monoisotopic (exact) mass is 201 g/mol. The van der Waals surface area contributed by atoms with Crippen LogP contribution in [-0.4, -0.2) is 35.0 Å². The maximum absolute atomic E-state index is 9.62. The minimum atomic E-state index is -0.212. The molecule has 0 heterocycles. The summed E-state index contributed by atoms with van der Waals surface area (Å²) in [6.07, 6.45) is 3.79. The van der Waals surface area contributed by atoms with Gasteiger partial charge in [0.15, 0.2) is 0 Å². The van der Waals surface area contributed by atoms with Crippen LogP contribution in [0, 0.1) is 5.92 Å². The molecule has 1 aliphatic carbocycles. The van der Waals surface area contributed by atoms with Gasteiger partial charge in [-0.15, -0.1) is 0 Å². The Hall–Kier alpha value is -0.120. The van der Waals surface area contributed by atoms with Gasteiger partial charge in [0.25, 0.3) is 0 Å². The van der Waals surface area contributed by atoms with Gasteiger partial charge in [0.1, 0.15) is 0 Å². The molecule has 3 N–H and O–H groups in total. The predicted octanol–water partition coefficient (Wildman–Crippen LogP) is 0.896. The third kappa shape index (κ3) is 3.56. The summed E-state index contributed by atoms with van der Waals surface area (Å²) in [6, 6.07) is 0.346. The van der Waals surface area contributed by atoms with E-state index in [2.05, 4.69) is 19.2 Å². The molecule has 0 saturated heterocycles. The third-order valence-corrected chi connectivity index (χ3v) is 2.91. The van der Waals surface area contributed by atoms with Crippen molar-refractivity contribution in [3.8, 4) is 0 Å². The Labute approximate surface area is 86.5 Å². The van der Waals surface area contributed by atoms with Gasteiger partial charge in [0.05, 0.1) is 12.7 Å². The Balaban J connectivity index is 2.31. The number of rotatable bonds is 5. The van der Waals surface area contributed by atoms with E-state index in [0.717, 1.165) is 25.7 Å². The van der Waals surface area contributed by atoms with Crippen LogP contribution in [0.5, 0.6) is 0 Å². The topological polar surface area (TPSA) is 52.5 Å². The molecule has 0 bridgehead atoms. The van der Waals surface area contributed by atoms with Gasteiger partial charge < -0.3 is 15.5 Å². The Bertz CT molecular complexity index is 161. The molecule has 1 fully saturated rings. The minimum Gasteiger partial charge on any atom is -0.395 e. The van der Waals surface area contributed by atoms with Gasteiger partial charge in [-0.05, 0) is 31.6 Å². The lowest BCUT2D eigenvalue weighted by Crippen LogP contribution is -2.44. The SMILES string of the molecule is CC(C)CC(CO)NC1CCCC1O. The third-order valence-electron chi connectivity index (χ3n) is 2.91. The molecular formula is C11H23NO2. The van der Waals surface area contributed by atoms with Crippen molar-refractivity contribution in [1.82, 2.24) is 5.32 Å². The van der Waals surface area contributed by atoms with Crippen molar-refractivity contribution in [3.05, 3.63) is 0 Å². The minimum absolute atomic E-state index is 0.146.